The normalized spacial score (nSPS) is 12.1. The van der Waals surface area contributed by atoms with Crippen molar-refractivity contribution in [3.05, 3.63) is 28.3 Å². The van der Waals surface area contributed by atoms with Crippen molar-refractivity contribution in [1.82, 2.24) is 4.90 Å². The molecule has 0 saturated heterocycles. The minimum Gasteiger partial charge on any atom is -0.502 e. The van der Waals surface area contributed by atoms with E-state index in [4.69, 9.17) is 14.6 Å². The van der Waals surface area contributed by atoms with E-state index in [0.29, 0.717) is 0 Å². The Labute approximate surface area is 100 Å². The van der Waals surface area contributed by atoms with Crippen molar-refractivity contribution in [1.29, 1.82) is 0 Å². The van der Waals surface area contributed by atoms with Crippen molar-refractivity contribution in [2.75, 3.05) is 19.7 Å². The standard InChI is InChI=1S/C10H12F3NO4/c11-10(12,13)6-14(1-2-15)4-7-3-8(16)9(17)5-18-7/h3,5,15,17H,1-2,4,6H2. The number of nitrogens with zero attached hydrogens (tertiary/aromatic N) is 1. The molecule has 0 aliphatic carbocycles. The number of alkyl halides is 3. The molecular formula is C10H12F3NO4. The molecule has 0 fully saturated rings. The second-order valence-corrected chi connectivity index (χ2v) is 3.65. The van der Waals surface area contributed by atoms with Gasteiger partial charge in [0.25, 0.3) is 0 Å². The third kappa shape index (κ3) is 4.76. The first-order valence-electron chi connectivity index (χ1n) is 5.02. The summed E-state index contributed by atoms with van der Waals surface area (Å²) in [4.78, 5) is 11.9. The minimum absolute atomic E-state index is 0.0181. The summed E-state index contributed by atoms with van der Waals surface area (Å²) in [6, 6.07) is 0.913. The molecule has 8 heteroatoms. The van der Waals surface area contributed by atoms with Crippen LogP contribution in [0.3, 0.4) is 0 Å². The van der Waals surface area contributed by atoms with Crippen molar-refractivity contribution in [2.24, 2.45) is 0 Å². The zero-order valence-corrected chi connectivity index (χ0v) is 9.28. The smallest absolute Gasteiger partial charge is 0.401 e. The SMILES string of the molecule is O=c1cc(CN(CCO)CC(F)(F)F)occ1O. The van der Waals surface area contributed by atoms with Crippen LogP contribution in [0.4, 0.5) is 13.2 Å². The molecule has 1 aromatic rings. The van der Waals surface area contributed by atoms with Crippen molar-refractivity contribution in [2.45, 2.75) is 12.7 Å². The van der Waals surface area contributed by atoms with Crippen LogP contribution in [-0.4, -0.2) is 41.0 Å². The monoisotopic (exact) mass is 267 g/mol. The maximum Gasteiger partial charge on any atom is 0.401 e. The number of rotatable bonds is 5. The van der Waals surface area contributed by atoms with E-state index in [0.717, 1.165) is 17.2 Å². The van der Waals surface area contributed by atoms with E-state index >= 15 is 0 Å². The first kappa shape index (κ1) is 14.5. The summed E-state index contributed by atoms with van der Waals surface area (Å²) in [5, 5.41) is 17.6. The van der Waals surface area contributed by atoms with Crippen LogP contribution in [-0.2, 0) is 6.54 Å². The summed E-state index contributed by atoms with van der Waals surface area (Å²) >= 11 is 0. The van der Waals surface area contributed by atoms with E-state index < -0.39 is 30.5 Å². The average molecular weight is 267 g/mol. The second kappa shape index (κ2) is 5.87. The van der Waals surface area contributed by atoms with E-state index in [9.17, 15) is 18.0 Å². The van der Waals surface area contributed by atoms with Gasteiger partial charge in [0.1, 0.15) is 12.0 Å². The third-order valence-corrected chi connectivity index (χ3v) is 2.07. The predicted molar refractivity (Wildman–Crippen MR) is 55.1 cm³/mol. The summed E-state index contributed by atoms with van der Waals surface area (Å²) < 4.78 is 41.4. The van der Waals surface area contributed by atoms with Crippen molar-refractivity contribution >= 4 is 0 Å². The Morgan fingerprint density at radius 3 is 2.56 bits per heavy atom. The zero-order valence-electron chi connectivity index (χ0n) is 9.28. The fraction of sp³-hybridized carbons (Fsp3) is 0.500. The van der Waals surface area contributed by atoms with Crippen LogP contribution < -0.4 is 5.43 Å². The maximum atomic E-state index is 12.2. The van der Waals surface area contributed by atoms with Gasteiger partial charge in [-0.25, -0.2) is 0 Å². The quantitative estimate of drug-likeness (QED) is 0.821. The number of aliphatic hydroxyl groups excluding tert-OH is 1. The predicted octanol–water partition coefficient (Wildman–Crippen LogP) is 0.702. The van der Waals surface area contributed by atoms with Crippen molar-refractivity contribution in [3.8, 4) is 5.75 Å². The second-order valence-electron chi connectivity index (χ2n) is 3.65. The molecule has 0 aliphatic rings. The van der Waals surface area contributed by atoms with Crippen LogP contribution in [0.15, 0.2) is 21.5 Å². The van der Waals surface area contributed by atoms with Gasteiger partial charge in [-0.1, -0.05) is 0 Å². The fourth-order valence-corrected chi connectivity index (χ4v) is 1.36. The van der Waals surface area contributed by atoms with E-state index in [1.807, 2.05) is 0 Å². The molecule has 1 aromatic heterocycles. The molecule has 18 heavy (non-hydrogen) atoms. The Balaban J connectivity index is 2.76. The maximum absolute atomic E-state index is 12.2. The largest absolute Gasteiger partial charge is 0.502 e. The van der Waals surface area contributed by atoms with Crippen molar-refractivity contribution < 1.29 is 27.8 Å². The van der Waals surface area contributed by atoms with E-state index in [-0.39, 0.29) is 18.8 Å². The molecule has 0 bridgehead atoms. The number of aromatic hydroxyl groups is 1. The molecule has 0 atom stereocenters. The lowest BCUT2D eigenvalue weighted by Gasteiger charge is -2.21. The molecule has 0 spiro atoms. The van der Waals surface area contributed by atoms with Gasteiger partial charge in [-0.3, -0.25) is 9.69 Å². The molecule has 0 aliphatic heterocycles. The highest BCUT2D eigenvalue weighted by atomic mass is 19.4. The number of halogens is 3. The Kier molecular flexibility index (Phi) is 4.74. The Hall–Kier alpha value is -1.54. The Bertz CT molecular complexity index is 443. The summed E-state index contributed by atoms with van der Waals surface area (Å²) in [7, 11) is 0. The molecule has 0 amide bonds. The molecular weight excluding hydrogens is 255 g/mol. The van der Waals surface area contributed by atoms with E-state index in [1.54, 1.807) is 0 Å². The Morgan fingerprint density at radius 2 is 2.06 bits per heavy atom. The lowest BCUT2D eigenvalue weighted by atomic mass is 10.3. The van der Waals surface area contributed by atoms with Gasteiger partial charge in [-0.15, -0.1) is 0 Å². The third-order valence-electron chi connectivity index (χ3n) is 2.07. The van der Waals surface area contributed by atoms with Gasteiger partial charge in [-0.2, -0.15) is 13.2 Å². The van der Waals surface area contributed by atoms with Crippen LogP contribution in [0.1, 0.15) is 5.76 Å². The lowest BCUT2D eigenvalue weighted by molar-refractivity contribution is -0.148. The fourth-order valence-electron chi connectivity index (χ4n) is 1.36. The van der Waals surface area contributed by atoms with Gasteiger partial charge >= 0.3 is 6.18 Å². The summed E-state index contributed by atoms with van der Waals surface area (Å²) in [6.07, 6.45) is -3.64. The number of aliphatic hydroxyl groups is 1. The summed E-state index contributed by atoms with van der Waals surface area (Å²) in [6.45, 7) is -2.16. The highest BCUT2D eigenvalue weighted by Crippen LogP contribution is 2.18. The van der Waals surface area contributed by atoms with Crippen LogP contribution in [0.2, 0.25) is 0 Å². The molecule has 0 unspecified atom stereocenters. The molecule has 1 rings (SSSR count). The molecule has 0 aromatic carbocycles. The highest BCUT2D eigenvalue weighted by molar-refractivity contribution is 5.15. The van der Waals surface area contributed by atoms with E-state index in [2.05, 4.69) is 0 Å². The molecule has 5 nitrogen and oxygen atoms in total. The van der Waals surface area contributed by atoms with Gasteiger partial charge in [-0.05, 0) is 0 Å². The first-order chi connectivity index (χ1) is 8.31. The van der Waals surface area contributed by atoms with E-state index in [1.165, 1.54) is 0 Å². The lowest BCUT2D eigenvalue weighted by Crippen LogP contribution is -2.35. The van der Waals surface area contributed by atoms with Gasteiger partial charge in [0, 0.05) is 12.6 Å². The van der Waals surface area contributed by atoms with Crippen LogP contribution in [0.5, 0.6) is 5.75 Å². The van der Waals surface area contributed by atoms with Gasteiger partial charge in [0.15, 0.2) is 5.75 Å². The topological polar surface area (TPSA) is 73.9 Å². The highest BCUT2D eigenvalue weighted by Gasteiger charge is 2.30. The van der Waals surface area contributed by atoms with Crippen LogP contribution >= 0.6 is 0 Å². The van der Waals surface area contributed by atoms with Gasteiger partial charge in [0.05, 0.1) is 19.7 Å². The summed E-state index contributed by atoms with van der Waals surface area (Å²) in [5.74, 6) is -0.626. The Morgan fingerprint density at radius 1 is 1.39 bits per heavy atom. The van der Waals surface area contributed by atoms with Gasteiger partial charge in [0.2, 0.25) is 5.43 Å². The van der Waals surface area contributed by atoms with Gasteiger partial charge < -0.3 is 14.6 Å². The minimum atomic E-state index is -4.41. The van der Waals surface area contributed by atoms with Crippen LogP contribution in [0.25, 0.3) is 0 Å². The average Bonchev–Trinajstić information content (AvgIpc) is 2.21. The molecule has 1 heterocycles. The molecule has 2 N–H and O–H groups in total. The molecule has 0 radical (unpaired) electrons. The molecule has 0 saturated carbocycles. The van der Waals surface area contributed by atoms with Crippen molar-refractivity contribution in [3.63, 3.8) is 0 Å². The zero-order chi connectivity index (χ0) is 13.8. The number of hydrogen-bond acceptors (Lipinski definition) is 5. The van der Waals surface area contributed by atoms with Crippen LogP contribution in [0, 0.1) is 0 Å². The molecule has 102 valence electrons. The first-order valence-corrected chi connectivity index (χ1v) is 5.02. The summed E-state index contributed by atoms with van der Waals surface area (Å²) in [5.41, 5.74) is -0.729. The number of hydrogen-bond donors (Lipinski definition) is 2.